The number of carbonyl (C=O) groups is 1. The van der Waals surface area contributed by atoms with Crippen molar-refractivity contribution >= 4 is 17.5 Å². The summed E-state index contributed by atoms with van der Waals surface area (Å²) in [6, 6.07) is 2.22. The molecule has 1 aromatic rings. The molecular formula is C16H23ClN4O3. The van der Waals surface area contributed by atoms with Crippen molar-refractivity contribution in [3.8, 4) is 0 Å². The van der Waals surface area contributed by atoms with Gasteiger partial charge in [-0.15, -0.1) is 0 Å². The molecule has 2 aliphatic heterocycles. The van der Waals surface area contributed by atoms with E-state index in [1.807, 2.05) is 4.90 Å². The summed E-state index contributed by atoms with van der Waals surface area (Å²) in [5, 5.41) is 3.96. The zero-order valence-corrected chi connectivity index (χ0v) is 14.5. The number of halogens is 1. The number of hydrogen-bond donors (Lipinski definition) is 1. The number of hydrogen-bond acceptors (Lipinski definition) is 6. The first kappa shape index (κ1) is 17.5. The van der Waals surface area contributed by atoms with Crippen LogP contribution in [0, 0.1) is 0 Å². The van der Waals surface area contributed by atoms with Gasteiger partial charge in [0.25, 0.3) is 5.91 Å². The Morgan fingerprint density at radius 1 is 1.38 bits per heavy atom. The lowest BCUT2D eigenvalue weighted by Crippen LogP contribution is -2.54. The van der Waals surface area contributed by atoms with E-state index in [1.165, 1.54) is 12.4 Å². The Bertz CT molecular complexity index is 566. The first-order chi connectivity index (χ1) is 11.7. The second kappa shape index (κ2) is 8.20. The summed E-state index contributed by atoms with van der Waals surface area (Å²) in [5.74, 6) is -0.0846. The monoisotopic (exact) mass is 354 g/mol. The molecule has 2 fully saturated rings. The zero-order chi connectivity index (χ0) is 16.9. The fraction of sp³-hybridized carbons (Fsp3) is 0.688. The molecule has 24 heavy (non-hydrogen) atoms. The number of nitrogens with one attached hydrogen (secondary N) is 1. The van der Waals surface area contributed by atoms with Crippen molar-refractivity contribution in [3.05, 3.63) is 23.2 Å². The van der Waals surface area contributed by atoms with Crippen molar-refractivity contribution in [2.75, 3.05) is 33.4 Å². The molecule has 3 rings (SSSR count). The third-order valence-electron chi connectivity index (χ3n) is 4.69. The van der Waals surface area contributed by atoms with E-state index in [2.05, 4.69) is 15.3 Å². The van der Waals surface area contributed by atoms with Gasteiger partial charge in [0.2, 0.25) is 0 Å². The number of methoxy groups -OCH3 is 1. The van der Waals surface area contributed by atoms with Crippen LogP contribution in [0.1, 0.15) is 29.8 Å². The highest BCUT2D eigenvalue weighted by Gasteiger charge is 2.30. The molecule has 1 amide bonds. The molecule has 7 nitrogen and oxygen atoms in total. The second-order valence-electron chi connectivity index (χ2n) is 6.20. The predicted octanol–water partition coefficient (Wildman–Crippen LogP) is 1.13. The molecule has 0 radical (unpaired) electrons. The van der Waals surface area contributed by atoms with Crippen LogP contribution in [0.3, 0.4) is 0 Å². The van der Waals surface area contributed by atoms with Crippen LogP contribution in [0.2, 0.25) is 5.15 Å². The van der Waals surface area contributed by atoms with E-state index in [0.29, 0.717) is 37.5 Å². The van der Waals surface area contributed by atoms with Crippen molar-refractivity contribution < 1.29 is 14.3 Å². The smallest absolute Gasteiger partial charge is 0.272 e. The van der Waals surface area contributed by atoms with E-state index in [1.54, 1.807) is 7.11 Å². The van der Waals surface area contributed by atoms with Crippen molar-refractivity contribution in [1.82, 2.24) is 20.2 Å². The number of amides is 1. The molecule has 3 heterocycles. The van der Waals surface area contributed by atoms with Crippen molar-refractivity contribution in [1.29, 1.82) is 0 Å². The van der Waals surface area contributed by atoms with E-state index >= 15 is 0 Å². The molecule has 0 bridgehead atoms. The summed E-state index contributed by atoms with van der Waals surface area (Å²) in [6.07, 6.45) is 4.20. The summed E-state index contributed by atoms with van der Waals surface area (Å²) in [7, 11) is 1.72. The van der Waals surface area contributed by atoms with Crippen LogP contribution in [0.15, 0.2) is 12.4 Å². The van der Waals surface area contributed by atoms with Crippen LogP contribution in [0.5, 0.6) is 0 Å². The molecule has 0 aliphatic carbocycles. The van der Waals surface area contributed by atoms with Crippen LogP contribution in [-0.4, -0.2) is 72.4 Å². The average Bonchev–Trinajstić information content (AvgIpc) is 2.62. The van der Waals surface area contributed by atoms with Crippen molar-refractivity contribution in [3.63, 3.8) is 0 Å². The lowest BCUT2D eigenvalue weighted by Gasteiger charge is -2.38. The number of carbonyl (C=O) groups excluding carboxylic acids is 1. The molecule has 1 N–H and O–H groups in total. The molecular weight excluding hydrogens is 332 g/mol. The fourth-order valence-corrected chi connectivity index (χ4v) is 3.45. The maximum absolute atomic E-state index is 12.5. The molecule has 0 spiro atoms. The van der Waals surface area contributed by atoms with Gasteiger partial charge >= 0.3 is 0 Å². The minimum atomic E-state index is -0.0846. The first-order valence-corrected chi connectivity index (χ1v) is 8.68. The van der Waals surface area contributed by atoms with Crippen LogP contribution >= 0.6 is 11.6 Å². The maximum atomic E-state index is 12.5. The third kappa shape index (κ3) is 4.22. The Balaban J connectivity index is 1.51. The van der Waals surface area contributed by atoms with Gasteiger partial charge in [-0.3, -0.25) is 4.79 Å². The SMILES string of the molecule is CO[C@H]1COCC[C@H]1NC1CCN(C(=O)c2cc(Cl)ncn2)CC1. The van der Waals surface area contributed by atoms with Gasteiger partial charge in [0.15, 0.2) is 0 Å². The van der Waals surface area contributed by atoms with Crippen LogP contribution in [0.25, 0.3) is 0 Å². The summed E-state index contributed by atoms with van der Waals surface area (Å²) in [5.41, 5.74) is 0.352. The number of likely N-dealkylation sites (tertiary alicyclic amines) is 1. The fourth-order valence-electron chi connectivity index (χ4n) is 3.30. The van der Waals surface area contributed by atoms with E-state index in [4.69, 9.17) is 21.1 Å². The summed E-state index contributed by atoms with van der Waals surface area (Å²) < 4.78 is 11.0. The second-order valence-corrected chi connectivity index (χ2v) is 6.59. The van der Waals surface area contributed by atoms with Crippen molar-refractivity contribution in [2.45, 2.75) is 37.5 Å². The van der Waals surface area contributed by atoms with E-state index < -0.39 is 0 Å². The standard InChI is InChI=1S/C16H23ClN4O3/c1-23-14-9-24-7-4-12(14)20-11-2-5-21(6-3-11)16(22)13-8-15(17)19-10-18-13/h8,10-12,14,20H,2-7,9H2,1H3/t12-,14+/m1/s1. The number of nitrogens with zero attached hydrogens (tertiary/aromatic N) is 3. The lowest BCUT2D eigenvalue weighted by molar-refractivity contribution is -0.0533. The topological polar surface area (TPSA) is 76.6 Å². The van der Waals surface area contributed by atoms with Crippen LogP contribution in [-0.2, 0) is 9.47 Å². The van der Waals surface area contributed by atoms with Gasteiger partial charge in [0, 0.05) is 45.0 Å². The normalized spacial score (nSPS) is 25.7. The minimum absolute atomic E-state index is 0.0846. The van der Waals surface area contributed by atoms with Gasteiger partial charge in [-0.2, -0.15) is 0 Å². The summed E-state index contributed by atoms with van der Waals surface area (Å²) in [6.45, 7) is 2.82. The molecule has 1 aromatic heterocycles. The molecule has 0 aromatic carbocycles. The minimum Gasteiger partial charge on any atom is -0.379 e. The molecule has 2 atom stereocenters. The molecule has 2 saturated heterocycles. The van der Waals surface area contributed by atoms with Gasteiger partial charge in [-0.25, -0.2) is 9.97 Å². The molecule has 0 saturated carbocycles. The Hall–Kier alpha value is -1.28. The van der Waals surface area contributed by atoms with Crippen LogP contribution in [0.4, 0.5) is 0 Å². The van der Waals surface area contributed by atoms with E-state index in [9.17, 15) is 4.79 Å². The predicted molar refractivity (Wildman–Crippen MR) is 89.1 cm³/mol. The number of ether oxygens (including phenoxy) is 2. The highest BCUT2D eigenvalue weighted by Crippen LogP contribution is 2.18. The van der Waals surface area contributed by atoms with E-state index in [0.717, 1.165) is 25.9 Å². The molecule has 132 valence electrons. The van der Waals surface area contributed by atoms with Gasteiger partial charge in [0.05, 0.1) is 12.7 Å². The van der Waals surface area contributed by atoms with Crippen molar-refractivity contribution in [2.24, 2.45) is 0 Å². The quantitative estimate of drug-likeness (QED) is 0.817. The first-order valence-electron chi connectivity index (χ1n) is 8.31. The van der Waals surface area contributed by atoms with Gasteiger partial charge in [-0.05, 0) is 19.3 Å². The zero-order valence-electron chi connectivity index (χ0n) is 13.8. The molecule has 0 unspecified atom stereocenters. The summed E-state index contributed by atoms with van der Waals surface area (Å²) in [4.78, 5) is 22.1. The van der Waals surface area contributed by atoms with E-state index in [-0.39, 0.29) is 17.2 Å². The van der Waals surface area contributed by atoms with Gasteiger partial charge < -0.3 is 19.7 Å². The molecule has 8 heteroatoms. The van der Waals surface area contributed by atoms with Crippen LogP contribution < -0.4 is 5.32 Å². The van der Waals surface area contributed by atoms with Gasteiger partial charge in [-0.1, -0.05) is 11.6 Å². The Labute approximate surface area is 146 Å². The lowest BCUT2D eigenvalue weighted by atomic mass is 9.99. The number of piperidine rings is 1. The Kier molecular flexibility index (Phi) is 5.99. The summed E-state index contributed by atoms with van der Waals surface area (Å²) >= 11 is 5.83. The third-order valence-corrected chi connectivity index (χ3v) is 4.90. The molecule has 2 aliphatic rings. The average molecular weight is 355 g/mol. The number of rotatable bonds is 4. The Morgan fingerprint density at radius 3 is 2.88 bits per heavy atom. The maximum Gasteiger partial charge on any atom is 0.272 e. The van der Waals surface area contributed by atoms with Gasteiger partial charge in [0.1, 0.15) is 17.2 Å². The largest absolute Gasteiger partial charge is 0.379 e. The highest BCUT2D eigenvalue weighted by atomic mass is 35.5. The Morgan fingerprint density at radius 2 is 2.17 bits per heavy atom. The number of aromatic nitrogens is 2. The highest BCUT2D eigenvalue weighted by molar-refractivity contribution is 6.29.